The summed E-state index contributed by atoms with van der Waals surface area (Å²) in [5.41, 5.74) is 2.17. The highest BCUT2D eigenvalue weighted by Gasteiger charge is 2.07. The highest BCUT2D eigenvalue weighted by atomic mass is 16.5. The van der Waals surface area contributed by atoms with Gasteiger partial charge in [0.05, 0.1) is 13.5 Å². The van der Waals surface area contributed by atoms with Crippen LogP contribution in [0.3, 0.4) is 0 Å². The molecule has 0 amide bonds. The van der Waals surface area contributed by atoms with E-state index in [-0.39, 0.29) is 5.97 Å². The summed E-state index contributed by atoms with van der Waals surface area (Å²) in [7, 11) is 1.42. The van der Waals surface area contributed by atoms with E-state index in [1.807, 2.05) is 24.3 Å². The molecule has 0 saturated heterocycles. The second-order valence-corrected chi connectivity index (χ2v) is 5.52. The highest BCUT2D eigenvalue weighted by Crippen LogP contribution is 2.10. The smallest absolute Gasteiger partial charge is 0.309 e. The van der Waals surface area contributed by atoms with Crippen LogP contribution in [0.2, 0.25) is 0 Å². The SMILES string of the molecule is COC(=O)Cc1ccccc1CNCCCOCC(C)C. The molecule has 0 aromatic heterocycles. The van der Waals surface area contributed by atoms with Gasteiger partial charge in [0, 0.05) is 19.8 Å². The third-order valence-electron chi connectivity index (χ3n) is 3.09. The van der Waals surface area contributed by atoms with E-state index in [9.17, 15) is 4.79 Å². The van der Waals surface area contributed by atoms with Crippen LogP contribution in [-0.4, -0.2) is 32.8 Å². The molecule has 1 aromatic carbocycles. The Hall–Kier alpha value is -1.39. The Bertz CT molecular complexity index is 418. The zero-order valence-corrected chi connectivity index (χ0v) is 13.4. The monoisotopic (exact) mass is 293 g/mol. The van der Waals surface area contributed by atoms with Crippen molar-refractivity contribution in [3.05, 3.63) is 35.4 Å². The molecule has 0 unspecified atom stereocenters. The van der Waals surface area contributed by atoms with Crippen LogP contribution in [0.25, 0.3) is 0 Å². The van der Waals surface area contributed by atoms with Gasteiger partial charge in [-0.25, -0.2) is 0 Å². The number of hydrogen-bond acceptors (Lipinski definition) is 4. The Morgan fingerprint density at radius 1 is 1.24 bits per heavy atom. The lowest BCUT2D eigenvalue weighted by Crippen LogP contribution is -2.18. The molecular weight excluding hydrogens is 266 g/mol. The summed E-state index contributed by atoms with van der Waals surface area (Å²) in [6.45, 7) is 7.58. The van der Waals surface area contributed by atoms with Crippen molar-refractivity contribution in [1.82, 2.24) is 5.32 Å². The van der Waals surface area contributed by atoms with E-state index >= 15 is 0 Å². The van der Waals surface area contributed by atoms with E-state index in [2.05, 4.69) is 19.2 Å². The summed E-state index contributed by atoms with van der Waals surface area (Å²) in [5, 5.41) is 3.39. The average molecular weight is 293 g/mol. The summed E-state index contributed by atoms with van der Waals surface area (Å²) in [6.07, 6.45) is 1.32. The molecule has 0 saturated carbocycles. The first-order valence-electron chi connectivity index (χ1n) is 7.55. The Morgan fingerprint density at radius 2 is 1.95 bits per heavy atom. The number of ether oxygens (including phenoxy) is 2. The minimum Gasteiger partial charge on any atom is -0.469 e. The standard InChI is InChI=1S/C17H27NO3/c1-14(2)13-21-10-6-9-18-12-16-8-5-4-7-15(16)11-17(19)20-3/h4-5,7-8,14,18H,6,9-13H2,1-3H3. The fraction of sp³-hybridized carbons (Fsp3) is 0.588. The third kappa shape index (κ3) is 7.83. The topological polar surface area (TPSA) is 47.6 Å². The van der Waals surface area contributed by atoms with E-state index in [1.54, 1.807) is 0 Å². The number of methoxy groups -OCH3 is 1. The molecule has 0 aliphatic rings. The molecule has 4 nitrogen and oxygen atoms in total. The Labute approximate surface area is 127 Å². The minimum atomic E-state index is -0.204. The molecule has 0 atom stereocenters. The summed E-state index contributed by atoms with van der Waals surface area (Å²) in [4.78, 5) is 11.4. The molecular formula is C17H27NO3. The summed E-state index contributed by atoms with van der Waals surface area (Å²) in [6, 6.07) is 7.95. The molecule has 4 heteroatoms. The molecule has 0 radical (unpaired) electrons. The molecule has 1 rings (SSSR count). The maximum Gasteiger partial charge on any atom is 0.309 e. The van der Waals surface area contributed by atoms with Gasteiger partial charge >= 0.3 is 5.97 Å². The maximum absolute atomic E-state index is 11.4. The molecule has 118 valence electrons. The van der Waals surface area contributed by atoms with Gasteiger partial charge in [0.15, 0.2) is 0 Å². The van der Waals surface area contributed by atoms with Crippen molar-refractivity contribution in [2.75, 3.05) is 26.9 Å². The average Bonchev–Trinajstić information content (AvgIpc) is 2.47. The summed E-state index contributed by atoms with van der Waals surface area (Å²) in [5.74, 6) is 0.382. The second-order valence-electron chi connectivity index (χ2n) is 5.52. The minimum absolute atomic E-state index is 0.204. The van der Waals surface area contributed by atoms with E-state index in [1.165, 1.54) is 7.11 Å². The fourth-order valence-corrected chi connectivity index (χ4v) is 1.97. The first kappa shape index (κ1) is 17.7. The number of rotatable bonds is 10. The lowest BCUT2D eigenvalue weighted by atomic mass is 10.0. The van der Waals surface area contributed by atoms with Crippen molar-refractivity contribution < 1.29 is 14.3 Å². The number of nitrogens with one attached hydrogen (secondary N) is 1. The largest absolute Gasteiger partial charge is 0.469 e. The number of hydrogen-bond donors (Lipinski definition) is 1. The number of carbonyl (C=O) groups excluding carboxylic acids is 1. The van der Waals surface area contributed by atoms with Crippen molar-refractivity contribution in [1.29, 1.82) is 0 Å². The molecule has 0 aliphatic heterocycles. The van der Waals surface area contributed by atoms with Gasteiger partial charge in [-0.1, -0.05) is 38.1 Å². The number of esters is 1. The van der Waals surface area contributed by atoms with Crippen LogP contribution < -0.4 is 5.32 Å². The van der Waals surface area contributed by atoms with E-state index in [0.29, 0.717) is 12.3 Å². The van der Waals surface area contributed by atoms with Crippen molar-refractivity contribution in [2.24, 2.45) is 5.92 Å². The van der Waals surface area contributed by atoms with Crippen LogP contribution in [-0.2, 0) is 27.2 Å². The second kappa shape index (κ2) is 10.4. The number of carbonyl (C=O) groups is 1. The molecule has 1 aromatic rings. The van der Waals surface area contributed by atoms with Gasteiger partial charge in [-0.3, -0.25) is 4.79 Å². The Balaban J connectivity index is 2.27. The zero-order valence-electron chi connectivity index (χ0n) is 13.4. The first-order valence-corrected chi connectivity index (χ1v) is 7.55. The molecule has 0 spiro atoms. The van der Waals surface area contributed by atoms with Gasteiger partial charge in [0.1, 0.15) is 0 Å². The van der Waals surface area contributed by atoms with Gasteiger partial charge in [-0.05, 0) is 30.0 Å². The van der Waals surface area contributed by atoms with Crippen LogP contribution in [0.1, 0.15) is 31.4 Å². The van der Waals surface area contributed by atoms with Gasteiger partial charge in [0.2, 0.25) is 0 Å². The predicted molar refractivity (Wildman–Crippen MR) is 84.1 cm³/mol. The Morgan fingerprint density at radius 3 is 2.62 bits per heavy atom. The number of benzene rings is 1. The fourth-order valence-electron chi connectivity index (χ4n) is 1.97. The van der Waals surface area contributed by atoms with Gasteiger partial charge in [-0.2, -0.15) is 0 Å². The van der Waals surface area contributed by atoms with Gasteiger partial charge in [0.25, 0.3) is 0 Å². The van der Waals surface area contributed by atoms with Crippen LogP contribution >= 0.6 is 0 Å². The molecule has 0 aliphatic carbocycles. The zero-order chi connectivity index (χ0) is 15.5. The van der Waals surface area contributed by atoms with Crippen LogP contribution in [0, 0.1) is 5.92 Å². The van der Waals surface area contributed by atoms with Crippen molar-refractivity contribution in [2.45, 2.75) is 33.2 Å². The lowest BCUT2D eigenvalue weighted by Gasteiger charge is -2.10. The summed E-state index contributed by atoms with van der Waals surface area (Å²) >= 11 is 0. The lowest BCUT2D eigenvalue weighted by molar-refractivity contribution is -0.139. The molecule has 0 bridgehead atoms. The molecule has 1 N–H and O–H groups in total. The van der Waals surface area contributed by atoms with Crippen molar-refractivity contribution in [3.63, 3.8) is 0 Å². The van der Waals surface area contributed by atoms with Crippen LogP contribution in [0.5, 0.6) is 0 Å². The normalized spacial score (nSPS) is 10.9. The highest BCUT2D eigenvalue weighted by molar-refractivity contribution is 5.72. The van der Waals surface area contributed by atoms with Crippen LogP contribution in [0.15, 0.2) is 24.3 Å². The molecule has 0 heterocycles. The molecule has 0 fully saturated rings. The van der Waals surface area contributed by atoms with E-state index in [4.69, 9.17) is 9.47 Å². The summed E-state index contributed by atoms with van der Waals surface area (Å²) < 4.78 is 10.3. The van der Waals surface area contributed by atoms with E-state index < -0.39 is 0 Å². The molecule has 21 heavy (non-hydrogen) atoms. The van der Waals surface area contributed by atoms with E-state index in [0.717, 1.165) is 43.9 Å². The third-order valence-corrected chi connectivity index (χ3v) is 3.09. The quantitative estimate of drug-likeness (QED) is 0.532. The van der Waals surface area contributed by atoms with Crippen LogP contribution in [0.4, 0.5) is 0 Å². The Kier molecular flexibility index (Phi) is 8.71. The maximum atomic E-state index is 11.4. The predicted octanol–water partition coefficient (Wildman–Crippen LogP) is 2.55. The van der Waals surface area contributed by atoms with Crippen molar-refractivity contribution >= 4 is 5.97 Å². The van der Waals surface area contributed by atoms with Gasteiger partial charge < -0.3 is 14.8 Å². The van der Waals surface area contributed by atoms with Gasteiger partial charge in [-0.15, -0.1) is 0 Å². The van der Waals surface area contributed by atoms with Crippen molar-refractivity contribution in [3.8, 4) is 0 Å². The first-order chi connectivity index (χ1) is 10.1.